The van der Waals surface area contributed by atoms with E-state index in [1.54, 1.807) is 17.0 Å². The molecule has 1 heterocycles. The molecule has 1 amide bonds. The number of hydrogen-bond donors (Lipinski definition) is 2. The number of hydrogen-bond acceptors (Lipinski definition) is 4. The Morgan fingerprint density at radius 1 is 1.27 bits per heavy atom. The maximum absolute atomic E-state index is 12.8. The normalized spacial score (nSPS) is 20.8. The van der Waals surface area contributed by atoms with Crippen LogP contribution in [0.25, 0.3) is 0 Å². The first kappa shape index (κ1) is 19.3. The van der Waals surface area contributed by atoms with Gasteiger partial charge in [0.2, 0.25) is 15.9 Å². The fourth-order valence-corrected chi connectivity index (χ4v) is 5.26. The lowest BCUT2D eigenvalue weighted by Crippen LogP contribution is -2.44. The van der Waals surface area contributed by atoms with Gasteiger partial charge in [0.05, 0.1) is 16.0 Å². The molecule has 2 N–H and O–H groups in total. The van der Waals surface area contributed by atoms with Gasteiger partial charge in [-0.25, -0.2) is 13.1 Å². The van der Waals surface area contributed by atoms with Gasteiger partial charge in [0.25, 0.3) is 0 Å². The Kier molecular flexibility index (Phi) is 4.70. The molecular weight excluding hydrogens is 352 g/mol. The number of likely N-dealkylation sites (N-methyl/N-ethyl adjacent to an activating group) is 1. The second-order valence-electron chi connectivity index (χ2n) is 8.15. The number of sulfonamides is 1. The van der Waals surface area contributed by atoms with Crippen molar-refractivity contribution in [3.63, 3.8) is 0 Å². The third-order valence-corrected chi connectivity index (χ3v) is 7.39. The Morgan fingerprint density at radius 2 is 1.92 bits per heavy atom. The first-order valence-electron chi connectivity index (χ1n) is 9.15. The van der Waals surface area contributed by atoms with Gasteiger partial charge in [-0.15, -0.1) is 0 Å². The standard InChI is InChI=1S/C19H28N2O4S/c1-5-21-16-13(2)9-14(10-15(16)18(3,4)17(21)23)26(24,25)20-11-19(12-22)7-6-8-19/h9-10,20,22H,5-8,11-12H2,1-4H3. The summed E-state index contributed by atoms with van der Waals surface area (Å²) < 4.78 is 28.3. The van der Waals surface area contributed by atoms with E-state index in [1.807, 2.05) is 27.7 Å². The average Bonchev–Trinajstić information content (AvgIpc) is 2.74. The van der Waals surface area contributed by atoms with Crippen molar-refractivity contribution in [3.05, 3.63) is 23.3 Å². The molecule has 2 aliphatic rings. The number of fused-ring (bicyclic) bond motifs is 1. The van der Waals surface area contributed by atoms with Crippen molar-refractivity contribution in [3.8, 4) is 0 Å². The van der Waals surface area contributed by atoms with E-state index in [2.05, 4.69) is 4.72 Å². The highest BCUT2D eigenvalue weighted by atomic mass is 32.2. The number of aliphatic hydroxyl groups excluding tert-OH is 1. The quantitative estimate of drug-likeness (QED) is 0.791. The Labute approximate surface area is 155 Å². The molecule has 1 aromatic rings. The van der Waals surface area contributed by atoms with E-state index in [-0.39, 0.29) is 29.4 Å². The molecule has 0 saturated heterocycles. The molecule has 7 heteroatoms. The van der Waals surface area contributed by atoms with Crippen molar-refractivity contribution in [2.75, 3.05) is 24.6 Å². The van der Waals surface area contributed by atoms with Crippen LogP contribution in [0, 0.1) is 12.3 Å². The summed E-state index contributed by atoms with van der Waals surface area (Å²) in [5.41, 5.74) is 1.29. The van der Waals surface area contributed by atoms with E-state index in [9.17, 15) is 18.3 Å². The zero-order chi connectivity index (χ0) is 19.3. The Hall–Kier alpha value is -1.44. The molecular formula is C19H28N2O4S. The lowest BCUT2D eigenvalue weighted by Gasteiger charge is -2.40. The number of carbonyl (C=O) groups excluding carboxylic acids is 1. The summed E-state index contributed by atoms with van der Waals surface area (Å²) in [4.78, 5) is 14.6. The van der Waals surface area contributed by atoms with Crippen molar-refractivity contribution < 1.29 is 18.3 Å². The second-order valence-corrected chi connectivity index (χ2v) is 9.91. The molecule has 1 aliphatic heterocycles. The monoisotopic (exact) mass is 380 g/mol. The van der Waals surface area contributed by atoms with Crippen LogP contribution in [0.5, 0.6) is 0 Å². The number of nitrogens with zero attached hydrogens (tertiary/aromatic N) is 1. The van der Waals surface area contributed by atoms with E-state index in [1.165, 1.54) is 0 Å². The smallest absolute Gasteiger partial charge is 0.240 e. The Balaban J connectivity index is 1.96. The van der Waals surface area contributed by atoms with E-state index < -0.39 is 15.4 Å². The maximum atomic E-state index is 12.8. The fraction of sp³-hybridized carbons (Fsp3) is 0.632. The predicted octanol–water partition coefficient (Wildman–Crippen LogP) is 2.08. The highest BCUT2D eigenvalue weighted by Gasteiger charge is 2.45. The van der Waals surface area contributed by atoms with Crippen molar-refractivity contribution in [1.29, 1.82) is 0 Å². The summed E-state index contributed by atoms with van der Waals surface area (Å²) in [6.07, 6.45) is 2.69. The van der Waals surface area contributed by atoms with E-state index in [4.69, 9.17) is 0 Å². The van der Waals surface area contributed by atoms with Crippen molar-refractivity contribution in [2.45, 2.75) is 57.3 Å². The number of anilines is 1. The molecule has 0 bridgehead atoms. The third kappa shape index (κ3) is 2.86. The Bertz CT molecular complexity index is 836. The molecule has 3 rings (SSSR count). The number of nitrogens with one attached hydrogen (secondary N) is 1. The number of aliphatic hydroxyl groups is 1. The highest BCUT2D eigenvalue weighted by molar-refractivity contribution is 7.89. The summed E-state index contributed by atoms with van der Waals surface area (Å²) in [5.74, 6) is -0.00527. The van der Waals surface area contributed by atoms with Crippen LogP contribution in [0.4, 0.5) is 5.69 Å². The number of aryl methyl sites for hydroxylation is 1. The van der Waals surface area contributed by atoms with Gasteiger partial charge >= 0.3 is 0 Å². The number of benzene rings is 1. The molecule has 144 valence electrons. The van der Waals surface area contributed by atoms with Gasteiger partial charge in [-0.3, -0.25) is 4.79 Å². The first-order valence-corrected chi connectivity index (χ1v) is 10.6. The van der Waals surface area contributed by atoms with E-state index >= 15 is 0 Å². The summed E-state index contributed by atoms with van der Waals surface area (Å²) in [7, 11) is -3.71. The fourth-order valence-electron chi connectivity index (χ4n) is 3.99. The van der Waals surface area contributed by atoms with Crippen LogP contribution < -0.4 is 9.62 Å². The third-order valence-electron chi connectivity index (χ3n) is 6.01. The van der Waals surface area contributed by atoms with Crippen molar-refractivity contribution >= 4 is 21.6 Å². The molecule has 0 spiro atoms. The summed E-state index contributed by atoms with van der Waals surface area (Å²) >= 11 is 0. The number of carbonyl (C=O) groups is 1. The van der Waals surface area contributed by atoms with Crippen LogP contribution in [0.3, 0.4) is 0 Å². The van der Waals surface area contributed by atoms with Crippen LogP contribution in [-0.4, -0.2) is 39.1 Å². The number of rotatable bonds is 6. The Morgan fingerprint density at radius 3 is 2.42 bits per heavy atom. The molecule has 1 aliphatic carbocycles. The van der Waals surface area contributed by atoms with Gasteiger partial charge in [-0.2, -0.15) is 0 Å². The van der Waals surface area contributed by atoms with Crippen LogP contribution in [0.15, 0.2) is 17.0 Å². The summed E-state index contributed by atoms with van der Waals surface area (Å²) in [5, 5.41) is 9.55. The largest absolute Gasteiger partial charge is 0.396 e. The average molecular weight is 381 g/mol. The molecule has 1 aromatic carbocycles. The molecule has 0 radical (unpaired) electrons. The second kappa shape index (κ2) is 6.32. The lowest BCUT2D eigenvalue weighted by molar-refractivity contribution is -0.122. The van der Waals surface area contributed by atoms with Crippen LogP contribution >= 0.6 is 0 Å². The van der Waals surface area contributed by atoms with Gasteiger partial charge < -0.3 is 10.0 Å². The molecule has 0 aromatic heterocycles. The zero-order valence-electron chi connectivity index (χ0n) is 15.9. The maximum Gasteiger partial charge on any atom is 0.240 e. The molecule has 1 saturated carbocycles. The van der Waals surface area contributed by atoms with E-state index in [0.717, 1.165) is 36.1 Å². The summed E-state index contributed by atoms with van der Waals surface area (Å²) in [6, 6.07) is 3.26. The lowest BCUT2D eigenvalue weighted by atomic mass is 9.69. The topological polar surface area (TPSA) is 86.7 Å². The minimum absolute atomic E-state index is 0.00527. The van der Waals surface area contributed by atoms with Gasteiger partial charge in [-0.05, 0) is 63.8 Å². The summed E-state index contributed by atoms with van der Waals surface area (Å²) in [6.45, 7) is 8.22. The van der Waals surface area contributed by atoms with Gasteiger partial charge in [-0.1, -0.05) is 6.42 Å². The van der Waals surface area contributed by atoms with Crippen molar-refractivity contribution in [1.82, 2.24) is 4.72 Å². The minimum atomic E-state index is -3.71. The van der Waals surface area contributed by atoms with Crippen molar-refractivity contribution in [2.24, 2.45) is 5.41 Å². The zero-order valence-corrected chi connectivity index (χ0v) is 16.7. The van der Waals surface area contributed by atoms with Gasteiger partial charge in [0, 0.05) is 25.1 Å². The molecule has 6 nitrogen and oxygen atoms in total. The first-order chi connectivity index (χ1) is 12.1. The van der Waals surface area contributed by atoms with Crippen LogP contribution in [-0.2, 0) is 20.2 Å². The minimum Gasteiger partial charge on any atom is -0.396 e. The number of amides is 1. The molecule has 0 atom stereocenters. The van der Waals surface area contributed by atoms with Crippen LogP contribution in [0.2, 0.25) is 0 Å². The molecule has 0 unspecified atom stereocenters. The predicted molar refractivity (Wildman–Crippen MR) is 101 cm³/mol. The van der Waals surface area contributed by atoms with Crippen LogP contribution in [0.1, 0.15) is 51.2 Å². The highest BCUT2D eigenvalue weighted by Crippen LogP contribution is 2.45. The molecule has 1 fully saturated rings. The molecule has 26 heavy (non-hydrogen) atoms. The van der Waals surface area contributed by atoms with E-state index in [0.29, 0.717) is 6.54 Å². The van der Waals surface area contributed by atoms with Gasteiger partial charge in [0.15, 0.2) is 0 Å². The van der Waals surface area contributed by atoms with Gasteiger partial charge in [0.1, 0.15) is 0 Å². The SMILES string of the molecule is CCN1C(=O)C(C)(C)c2cc(S(=O)(=O)NCC3(CO)CCC3)cc(C)c21.